The van der Waals surface area contributed by atoms with E-state index in [2.05, 4.69) is 9.97 Å². The van der Waals surface area contributed by atoms with Gasteiger partial charge in [-0.05, 0) is 12.1 Å². The molecule has 0 amide bonds. The predicted molar refractivity (Wildman–Crippen MR) is 70.2 cm³/mol. The Bertz CT molecular complexity index is 568. The lowest BCUT2D eigenvalue weighted by Gasteiger charge is -2.07. The van der Waals surface area contributed by atoms with Gasteiger partial charge in [-0.25, -0.2) is 4.98 Å². The highest BCUT2D eigenvalue weighted by atomic mass is 32.2. The second-order valence-corrected chi connectivity index (χ2v) is 5.26. The molecule has 0 saturated heterocycles. The highest BCUT2D eigenvalue weighted by Crippen LogP contribution is 2.15. The Morgan fingerprint density at radius 2 is 2.24 bits per heavy atom. The zero-order chi connectivity index (χ0) is 12.3. The van der Waals surface area contributed by atoms with Crippen LogP contribution >= 0.6 is 11.8 Å². The maximum atomic E-state index is 11.8. The van der Waals surface area contributed by atoms with E-state index in [0.717, 1.165) is 0 Å². The summed E-state index contributed by atoms with van der Waals surface area (Å²) in [4.78, 5) is 18.9. The first-order chi connectivity index (χ1) is 8.20. The number of nitrogens with zero attached hydrogens (tertiary/aromatic N) is 1. The molecule has 0 saturated carbocycles. The number of hydrogen-bond acceptors (Lipinski definition) is 4. The van der Waals surface area contributed by atoms with Gasteiger partial charge in [0.15, 0.2) is 0 Å². The third kappa shape index (κ3) is 2.87. The van der Waals surface area contributed by atoms with Gasteiger partial charge in [0, 0.05) is 5.25 Å². The molecular weight excluding hydrogens is 236 g/mol. The minimum Gasteiger partial charge on any atom is -0.395 e. The summed E-state index contributed by atoms with van der Waals surface area (Å²) < 4.78 is 0. The molecule has 1 aromatic carbocycles. The molecule has 1 atom stereocenters. The highest BCUT2D eigenvalue weighted by Gasteiger charge is 2.05. The molecule has 5 heteroatoms. The van der Waals surface area contributed by atoms with Crippen molar-refractivity contribution >= 4 is 22.7 Å². The summed E-state index contributed by atoms with van der Waals surface area (Å²) in [7, 11) is 0. The summed E-state index contributed by atoms with van der Waals surface area (Å²) in [6.07, 6.45) is 0. The molecule has 0 aliphatic rings. The molecule has 0 radical (unpaired) electrons. The predicted octanol–water partition coefficient (Wildman–Crippen LogP) is 1.54. The van der Waals surface area contributed by atoms with Crippen LogP contribution in [0.1, 0.15) is 12.7 Å². The molecule has 0 aliphatic heterocycles. The second-order valence-electron chi connectivity index (χ2n) is 3.83. The third-order valence-electron chi connectivity index (χ3n) is 2.42. The van der Waals surface area contributed by atoms with Crippen molar-refractivity contribution in [3.05, 3.63) is 40.4 Å². The minimum atomic E-state index is -0.108. The number of nitrogens with one attached hydrogen (secondary N) is 1. The van der Waals surface area contributed by atoms with Crippen LogP contribution in [0.2, 0.25) is 0 Å². The number of H-pyrrole nitrogens is 1. The molecule has 2 aromatic rings. The van der Waals surface area contributed by atoms with Crippen molar-refractivity contribution in [3.8, 4) is 0 Å². The topological polar surface area (TPSA) is 66.0 Å². The van der Waals surface area contributed by atoms with Gasteiger partial charge in [-0.15, -0.1) is 11.8 Å². The Kier molecular flexibility index (Phi) is 3.81. The fourth-order valence-electron chi connectivity index (χ4n) is 1.48. The number of hydrogen-bond donors (Lipinski definition) is 2. The van der Waals surface area contributed by atoms with Crippen LogP contribution in [0.3, 0.4) is 0 Å². The summed E-state index contributed by atoms with van der Waals surface area (Å²) in [5, 5.41) is 9.68. The standard InChI is InChI=1S/C12H14N2O2S/c1-8(6-15)17-7-11-13-10-5-3-2-4-9(10)12(16)14-11/h2-5,8,15H,6-7H2,1H3,(H,13,14,16). The molecule has 2 N–H and O–H groups in total. The van der Waals surface area contributed by atoms with Crippen molar-refractivity contribution in [1.29, 1.82) is 0 Å². The van der Waals surface area contributed by atoms with Crippen molar-refractivity contribution in [2.75, 3.05) is 6.61 Å². The van der Waals surface area contributed by atoms with E-state index in [1.807, 2.05) is 25.1 Å². The van der Waals surface area contributed by atoms with Crippen molar-refractivity contribution in [3.63, 3.8) is 0 Å². The van der Waals surface area contributed by atoms with E-state index in [-0.39, 0.29) is 17.4 Å². The van der Waals surface area contributed by atoms with E-state index in [4.69, 9.17) is 5.11 Å². The van der Waals surface area contributed by atoms with Crippen LogP contribution in [0.5, 0.6) is 0 Å². The monoisotopic (exact) mass is 250 g/mol. The smallest absolute Gasteiger partial charge is 0.258 e. The number of rotatable bonds is 4. The molecule has 17 heavy (non-hydrogen) atoms. The van der Waals surface area contributed by atoms with Gasteiger partial charge in [0.1, 0.15) is 5.82 Å². The zero-order valence-corrected chi connectivity index (χ0v) is 10.3. The Morgan fingerprint density at radius 3 is 3.00 bits per heavy atom. The van der Waals surface area contributed by atoms with Crippen LogP contribution in [-0.4, -0.2) is 26.9 Å². The summed E-state index contributed by atoms with van der Waals surface area (Å²) in [6.45, 7) is 2.06. The van der Waals surface area contributed by atoms with Gasteiger partial charge >= 0.3 is 0 Å². The van der Waals surface area contributed by atoms with Crippen LogP contribution < -0.4 is 5.56 Å². The molecule has 2 rings (SSSR count). The van der Waals surface area contributed by atoms with Crippen LogP contribution in [0.4, 0.5) is 0 Å². The summed E-state index contributed by atoms with van der Waals surface area (Å²) in [6, 6.07) is 7.27. The molecular formula is C12H14N2O2S. The van der Waals surface area contributed by atoms with Crippen molar-refractivity contribution in [2.45, 2.75) is 17.9 Å². The molecule has 0 bridgehead atoms. The normalized spacial score (nSPS) is 12.8. The quantitative estimate of drug-likeness (QED) is 0.863. The van der Waals surface area contributed by atoms with Crippen LogP contribution in [-0.2, 0) is 5.75 Å². The van der Waals surface area contributed by atoms with Gasteiger partial charge in [0.05, 0.1) is 23.3 Å². The van der Waals surface area contributed by atoms with Crippen molar-refractivity contribution in [2.24, 2.45) is 0 Å². The number of para-hydroxylation sites is 1. The molecule has 4 nitrogen and oxygen atoms in total. The van der Waals surface area contributed by atoms with Gasteiger partial charge in [-0.3, -0.25) is 4.79 Å². The summed E-state index contributed by atoms with van der Waals surface area (Å²) >= 11 is 1.56. The molecule has 0 fully saturated rings. The van der Waals surface area contributed by atoms with Gasteiger partial charge in [-0.2, -0.15) is 0 Å². The highest BCUT2D eigenvalue weighted by molar-refractivity contribution is 7.99. The summed E-state index contributed by atoms with van der Waals surface area (Å²) in [5.41, 5.74) is 0.603. The largest absolute Gasteiger partial charge is 0.395 e. The SMILES string of the molecule is CC(CO)SCc1nc2ccccc2c(=O)[nH]1. The Morgan fingerprint density at radius 1 is 1.47 bits per heavy atom. The fraction of sp³-hybridized carbons (Fsp3) is 0.333. The molecule has 1 aromatic heterocycles. The Balaban J connectivity index is 2.28. The average molecular weight is 250 g/mol. The number of aromatic amines is 1. The minimum absolute atomic E-state index is 0.108. The maximum absolute atomic E-state index is 11.8. The van der Waals surface area contributed by atoms with E-state index >= 15 is 0 Å². The lowest BCUT2D eigenvalue weighted by molar-refractivity contribution is 0.300. The lowest BCUT2D eigenvalue weighted by Crippen LogP contribution is -2.12. The van der Waals surface area contributed by atoms with Crippen molar-refractivity contribution < 1.29 is 5.11 Å². The van der Waals surface area contributed by atoms with E-state index in [1.54, 1.807) is 17.8 Å². The number of thioether (sulfide) groups is 1. The van der Waals surface area contributed by atoms with Gasteiger partial charge in [0.25, 0.3) is 5.56 Å². The number of fused-ring (bicyclic) bond motifs is 1. The zero-order valence-electron chi connectivity index (χ0n) is 9.51. The fourth-order valence-corrected chi connectivity index (χ4v) is 2.16. The molecule has 0 aliphatic carbocycles. The van der Waals surface area contributed by atoms with E-state index < -0.39 is 0 Å². The van der Waals surface area contributed by atoms with E-state index in [9.17, 15) is 4.79 Å². The van der Waals surface area contributed by atoms with Crippen LogP contribution in [0.25, 0.3) is 10.9 Å². The van der Waals surface area contributed by atoms with Gasteiger partial charge < -0.3 is 10.1 Å². The van der Waals surface area contributed by atoms with Gasteiger partial charge in [-0.1, -0.05) is 19.1 Å². The Hall–Kier alpha value is -1.33. The van der Waals surface area contributed by atoms with Crippen LogP contribution in [0.15, 0.2) is 29.1 Å². The number of aliphatic hydroxyl groups is 1. The number of benzene rings is 1. The lowest BCUT2D eigenvalue weighted by atomic mass is 10.2. The first-order valence-electron chi connectivity index (χ1n) is 5.41. The second kappa shape index (κ2) is 5.33. The van der Waals surface area contributed by atoms with Gasteiger partial charge in [0.2, 0.25) is 0 Å². The summed E-state index contributed by atoms with van der Waals surface area (Å²) in [5.74, 6) is 1.25. The Labute approximate surface area is 103 Å². The molecule has 0 spiro atoms. The van der Waals surface area contributed by atoms with E-state index in [1.165, 1.54) is 0 Å². The third-order valence-corrected chi connectivity index (χ3v) is 3.58. The average Bonchev–Trinajstić information content (AvgIpc) is 2.36. The number of aromatic nitrogens is 2. The van der Waals surface area contributed by atoms with E-state index in [0.29, 0.717) is 22.5 Å². The first-order valence-corrected chi connectivity index (χ1v) is 6.46. The molecule has 1 heterocycles. The number of aliphatic hydroxyl groups excluding tert-OH is 1. The maximum Gasteiger partial charge on any atom is 0.258 e. The van der Waals surface area contributed by atoms with Crippen LogP contribution in [0, 0.1) is 0 Å². The van der Waals surface area contributed by atoms with Crippen molar-refractivity contribution in [1.82, 2.24) is 9.97 Å². The first kappa shape index (κ1) is 12.1. The molecule has 90 valence electrons. The molecule has 1 unspecified atom stereocenters.